The molecule has 0 bridgehead atoms. The van der Waals surface area contributed by atoms with Crippen molar-refractivity contribution in [1.29, 1.82) is 0 Å². The van der Waals surface area contributed by atoms with Crippen molar-refractivity contribution < 1.29 is 22.7 Å². The van der Waals surface area contributed by atoms with Gasteiger partial charge in [-0.05, 0) is 42.5 Å². The van der Waals surface area contributed by atoms with Crippen molar-refractivity contribution in [2.24, 2.45) is 0 Å². The van der Waals surface area contributed by atoms with Crippen LogP contribution < -0.4 is 15.4 Å². The summed E-state index contributed by atoms with van der Waals surface area (Å²) in [6, 6.07) is 13.6. The first kappa shape index (κ1) is 23.4. The van der Waals surface area contributed by atoms with E-state index in [1.54, 1.807) is 23.1 Å². The maximum absolute atomic E-state index is 14.3. The summed E-state index contributed by atoms with van der Waals surface area (Å²) in [5.74, 6) is -2.44. The van der Waals surface area contributed by atoms with Gasteiger partial charge in [0.05, 0.1) is 35.0 Å². The van der Waals surface area contributed by atoms with Gasteiger partial charge in [0.2, 0.25) is 5.95 Å². The third kappa shape index (κ3) is 4.26. The predicted octanol–water partition coefficient (Wildman–Crippen LogP) is 3.92. The number of carbonyl (C=O) groups is 1. The van der Waals surface area contributed by atoms with Gasteiger partial charge in [-0.1, -0.05) is 12.1 Å². The molecule has 0 N–H and O–H groups in total. The van der Waals surface area contributed by atoms with E-state index in [1.165, 1.54) is 31.4 Å². The van der Waals surface area contributed by atoms with Gasteiger partial charge in [0, 0.05) is 32.2 Å². The average Bonchev–Trinajstić information content (AvgIpc) is 2.87. The lowest BCUT2D eigenvalue weighted by Crippen LogP contribution is -2.48. The Bertz CT molecular complexity index is 1510. The number of rotatable bonds is 4. The molecule has 0 unspecified atom stereocenters. The van der Waals surface area contributed by atoms with Crippen LogP contribution in [0.1, 0.15) is 10.4 Å². The molecule has 1 aliphatic heterocycles. The highest BCUT2D eigenvalue weighted by atomic mass is 19.1. The van der Waals surface area contributed by atoms with E-state index >= 15 is 0 Å². The summed E-state index contributed by atoms with van der Waals surface area (Å²) in [5, 5.41) is 0.168. The Morgan fingerprint density at radius 2 is 1.56 bits per heavy atom. The van der Waals surface area contributed by atoms with Gasteiger partial charge in [-0.25, -0.2) is 27.5 Å². The van der Waals surface area contributed by atoms with E-state index in [9.17, 15) is 22.8 Å². The van der Waals surface area contributed by atoms with Gasteiger partial charge in [0.15, 0.2) is 0 Å². The maximum atomic E-state index is 14.3. The molecule has 0 spiro atoms. The van der Waals surface area contributed by atoms with Crippen LogP contribution in [0.2, 0.25) is 0 Å². The van der Waals surface area contributed by atoms with E-state index in [-0.39, 0.29) is 33.9 Å². The number of esters is 1. The van der Waals surface area contributed by atoms with E-state index in [4.69, 9.17) is 4.74 Å². The fourth-order valence-electron chi connectivity index (χ4n) is 4.39. The second kappa shape index (κ2) is 9.37. The molecular weight excluding hydrogens is 473 g/mol. The fourth-order valence-corrected chi connectivity index (χ4v) is 4.39. The molecule has 1 aromatic heterocycles. The number of benzene rings is 3. The maximum Gasteiger partial charge on any atom is 0.337 e. The molecule has 36 heavy (non-hydrogen) atoms. The number of halogens is 3. The minimum Gasteiger partial charge on any atom is -0.465 e. The van der Waals surface area contributed by atoms with Gasteiger partial charge in [-0.3, -0.25) is 4.79 Å². The number of hydrogen-bond acceptors (Lipinski definition) is 6. The molecule has 1 fully saturated rings. The predicted molar refractivity (Wildman–Crippen MR) is 129 cm³/mol. The summed E-state index contributed by atoms with van der Waals surface area (Å²) in [7, 11) is 1.25. The summed E-state index contributed by atoms with van der Waals surface area (Å²) in [5.41, 5.74) is 0.351. The molecule has 0 aliphatic carbocycles. The molecule has 1 saturated heterocycles. The number of hydrogen-bond donors (Lipinski definition) is 0. The van der Waals surface area contributed by atoms with Crippen molar-refractivity contribution >= 4 is 28.5 Å². The first-order chi connectivity index (χ1) is 17.4. The van der Waals surface area contributed by atoms with Gasteiger partial charge >= 0.3 is 5.97 Å². The van der Waals surface area contributed by atoms with Gasteiger partial charge in [0.25, 0.3) is 5.56 Å². The largest absolute Gasteiger partial charge is 0.465 e. The van der Waals surface area contributed by atoms with E-state index in [0.29, 0.717) is 31.9 Å². The molecule has 0 atom stereocenters. The van der Waals surface area contributed by atoms with Crippen molar-refractivity contribution in [2.45, 2.75) is 0 Å². The number of para-hydroxylation sites is 1. The van der Waals surface area contributed by atoms with Gasteiger partial charge in [-0.15, -0.1) is 0 Å². The quantitative estimate of drug-likeness (QED) is 0.401. The van der Waals surface area contributed by atoms with Crippen molar-refractivity contribution in [3.8, 4) is 5.69 Å². The number of aromatic nitrogens is 2. The summed E-state index contributed by atoms with van der Waals surface area (Å²) in [6.45, 7) is 1.57. The monoisotopic (exact) mass is 494 g/mol. The molecule has 0 amide bonds. The Balaban J connectivity index is 1.62. The zero-order valence-electron chi connectivity index (χ0n) is 19.2. The number of methoxy groups -OCH3 is 1. The Morgan fingerprint density at radius 3 is 2.22 bits per heavy atom. The molecule has 4 aromatic rings. The molecule has 0 radical (unpaired) electrons. The van der Waals surface area contributed by atoms with Gasteiger partial charge in [-0.2, -0.15) is 0 Å². The third-order valence-corrected chi connectivity index (χ3v) is 6.13. The first-order valence-electron chi connectivity index (χ1n) is 11.2. The number of piperazine rings is 1. The van der Waals surface area contributed by atoms with Crippen LogP contribution in [-0.2, 0) is 4.74 Å². The minimum atomic E-state index is -0.839. The van der Waals surface area contributed by atoms with Crippen molar-refractivity contribution in [1.82, 2.24) is 9.55 Å². The Hall–Kier alpha value is -4.34. The van der Waals surface area contributed by atoms with Crippen LogP contribution in [0, 0.1) is 17.5 Å². The normalized spacial score (nSPS) is 13.8. The zero-order valence-corrected chi connectivity index (χ0v) is 19.2. The summed E-state index contributed by atoms with van der Waals surface area (Å²) >= 11 is 0. The summed E-state index contributed by atoms with van der Waals surface area (Å²) in [6.07, 6.45) is 0. The lowest BCUT2D eigenvalue weighted by atomic mass is 10.1. The smallest absolute Gasteiger partial charge is 0.337 e. The number of anilines is 2. The minimum absolute atomic E-state index is 0.0181. The fraction of sp³-hybridized carbons (Fsp3) is 0.192. The molecule has 7 nitrogen and oxygen atoms in total. The van der Waals surface area contributed by atoms with Crippen LogP contribution in [0.5, 0.6) is 0 Å². The summed E-state index contributed by atoms with van der Waals surface area (Å²) < 4.78 is 48.4. The first-order valence-corrected chi connectivity index (χ1v) is 11.2. The number of nitrogens with zero attached hydrogens (tertiary/aromatic N) is 4. The standard InChI is InChI=1S/C26H21F3N4O3/c1-36-25(35)16-6-7-20-22(12-16)30-26(33(24(20)34)19-14-17(27)13-18(28)15-19)32-10-8-31(9-11-32)23-5-3-2-4-21(23)29/h2-7,12-15H,8-11H2,1H3. The molecular formula is C26H21F3N4O3. The van der Waals surface area contributed by atoms with Crippen molar-refractivity contribution in [3.05, 3.63) is 94.0 Å². The van der Waals surface area contributed by atoms with Crippen molar-refractivity contribution in [2.75, 3.05) is 43.1 Å². The molecule has 1 aliphatic rings. The van der Waals surface area contributed by atoms with Crippen LogP contribution in [0.3, 0.4) is 0 Å². The average molecular weight is 494 g/mol. The molecule has 184 valence electrons. The molecule has 10 heteroatoms. The Morgan fingerprint density at radius 1 is 0.889 bits per heavy atom. The number of fused-ring (bicyclic) bond motifs is 1. The number of carbonyl (C=O) groups excluding carboxylic acids is 1. The van der Waals surface area contributed by atoms with Crippen LogP contribution in [0.4, 0.5) is 24.8 Å². The van der Waals surface area contributed by atoms with Crippen LogP contribution >= 0.6 is 0 Å². The van der Waals surface area contributed by atoms with Crippen LogP contribution in [-0.4, -0.2) is 48.8 Å². The third-order valence-electron chi connectivity index (χ3n) is 6.13. The van der Waals surface area contributed by atoms with Crippen molar-refractivity contribution in [3.63, 3.8) is 0 Å². The van der Waals surface area contributed by atoms with Gasteiger partial charge in [0.1, 0.15) is 17.5 Å². The highest BCUT2D eigenvalue weighted by molar-refractivity contribution is 5.94. The topological polar surface area (TPSA) is 67.7 Å². The summed E-state index contributed by atoms with van der Waals surface area (Å²) in [4.78, 5) is 33.9. The molecule has 3 aromatic carbocycles. The lowest BCUT2D eigenvalue weighted by molar-refractivity contribution is 0.0601. The van der Waals surface area contributed by atoms with E-state index in [2.05, 4.69) is 4.98 Å². The Kier molecular flexibility index (Phi) is 6.09. The van der Waals surface area contributed by atoms with Crippen LogP contribution in [0.15, 0.2) is 65.5 Å². The number of ether oxygens (including phenoxy) is 1. The molecule has 0 saturated carbocycles. The zero-order chi connectivity index (χ0) is 25.4. The van der Waals surface area contributed by atoms with Crippen LogP contribution in [0.25, 0.3) is 16.6 Å². The van der Waals surface area contributed by atoms with Gasteiger partial charge < -0.3 is 14.5 Å². The van der Waals surface area contributed by atoms with E-state index < -0.39 is 23.2 Å². The second-order valence-corrected chi connectivity index (χ2v) is 8.33. The molecule has 2 heterocycles. The van der Waals surface area contributed by atoms with E-state index in [1.807, 2.05) is 4.90 Å². The Labute approximate surface area is 204 Å². The highest BCUT2D eigenvalue weighted by Gasteiger charge is 2.25. The highest BCUT2D eigenvalue weighted by Crippen LogP contribution is 2.25. The lowest BCUT2D eigenvalue weighted by Gasteiger charge is -2.37. The van der Waals surface area contributed by atoms with E-state index in [0.717, 1.165) is 22.8 Å². The second-order valence-electron chi connectivity index (χ2n) is 8.33. The molecule has 5 rings (SSSR count). The SMILES string of the molecule is COC(=O)c1ccc2c(=O)n(-c3cc(F)cc(F)c3)c(N3CCN(c4ccccc4F)CC3)nc2c1.